The normalized spacial score (nSPS) is 44.1. The first kappa shape index (κ1) is 19.9. The maximum absolute atomic E-state index is 14.0. The molecule has 0 saturated heterocycles. The van der Waals surface area contributed by atoms with Gasteiger partial charge in [-0.2, -0.15) is 0 Å². The van der Waals surface area contributed by atoms with Gasteiger partial charge in [0.25, 0.3) is 0 Å². The van der Waals surface area contributed by atoms with Crippen molar-refractivity contribution < 1.29 is 15.0 Å². The van der Waals surface area contributed by atoms with Gasteiger partial charge < -0.3 is 10.2 Å². The fourth-order valence-electron chi connectivity index (χ4n) is 5.56. The average molecular weight is 339 g/mol. The van der Waals surface area contributed by atoms with Gasteiger partial charge in [-0.1, -0.05) is 41.5 Å². The van der Waals surface area contributed by atoms with Crippen LogP contribution in [-0.2, 0) is 4.79 Å². The average Bonchev–Trinajstić information content (AvgIpc) is 2.46. The van der Waals surface area contributed by atoms with E-state index in [2.05, 4.69) is 41.5 Å². The topological polar surface area (TPSA) is 57.5 Å². The Labute approximate surface area is 148 Å². The lowest BCUT2D eigenvalue weighted by Gasteiger charge is -2.54. The summed E-state index contributed by atoms with van der Waals surface area (Å²) in [5.74, 6) is 1.26. The summed E-state index contributed by atoms with van der Waals surface area (Å²) in [5.41, 5.74) is -1.39. The molecule has 6 unspecified atom stereocenters. The molecule has 0 spiro atoms. The van der Waals surface area contributed by atoms with E-state index < -0.39 is 23.0 Å². The molecule has 0 amide bonds. The van der Waals surface area contributed by atoms with E-state index in [-0.39, 0.29) is 17.6 Å². The standard InChI is InChI=1S/C21H38O3/c1-13(2)20(9-7-15(5)11-17(20)22)19(24)21(14(3)4)10-8-16(6)12-18(21)23/h13-18,22-23H,7-12H2,1-6H3. The van der Waals surface area contributed by atoms with Gasteiger partial charge in [0.2, 0.25) is 0 Å². The van der Waals surface area contributed by atoms with Crippen LogP contribution in [-0.4, -0.2) is 28.2 Å². The van der Waals surface area contributed by atoms with Crippen molar-refractivity contribution in [2.24, 2.45) is 34.5 Å². The number of aliphatic hydroxyl groups is 2. The monoisotopic (exact) mass is 338 g/mol. The van der Waals surface area contributed by atoms with Gasteiger partial charge in [0.05, 0.1) is 23.0 Å². The predicted molar refractivity (Wildman–Crippen MR) is 97.6 cm³/mol. The van der Waals surface area contributed by atoms with Gasteiger partial charge in [0, 0.05) is 0 Å². The summed E-state index contributed by atoms with van der Waals surface area (Å²) in [7, 11) is 0. The van der Waals surface area contributed by atoms with E-state index in [1.54, 1.807) is 0 Å². The zero-order chi connectivity index (χ0) is 18.3. The third-order valence-corrected chi connectivity index (χ3v) is 7.45. The van der Waals surface area contributed by atoms with E-state index in [0.29, 0.717) is 24.7 Å². The summed E-state index contributed by atoms with van der Waals surface area (Å²) in [6, 6.07) is 0. The van der Waals surface area contributed by atoms with Gasteiger partial charge in [-0.15, -0.1) is 0 Å². The minimum Gasteiger partial charge on any atom is -0.392 e. The molecule has 0 aromatic heterocycles. The maximum Gasteiger partial charge on any atom is 0.150 e. The van der Waals surface area contributed by atoms with Crippen LogP contribution in [0.25, 0.3) is 0 Å². The van der Waals surface area contributed by atoms with Gasteiger partial charge in [-0.25, -0.2) is 0 Å². The van der Waals surface area contributed by atoms with E-state index >= 15 is 0 Å². The third kappa shape index (κ3) is 2.96. The fourth-order valence-corrected chi connectivity index (χ4v) is 5.56. The molecule has 0 aromatic carbocycles. The molecule has 6 atom stereocenters. The second-order valence-electron chi connectivity index (χ2n) is 9.51. The summed E-state index contributed by atoms with van der Waals surface area (Å²) >= 11 is 0. The summed E-state index contributed by atoms with van der Waals surface area (Å²) in [6.07, 6.45) is 3.70. The Morgan fingerprint density at radius 3 is 1.42 bits per heavy atom. The maximum atomic E-state index is 14.0. The molecule has 0 aliphatic heterocycles. The smallest absolute Gasteiger partial charge is 0.150 e. The summed E-state index contributed by atoms with van der Waals surface area (Å²) in [6.45, 7) is 12.6. The molecule has 2 aliphatic rings. The van der Waals surface area contributed by atoms with Crippen molar-refractivity contribution in [2.45, 2.75) is 92.3 Å². The Morgan fingerprint density at radius 2 is 1.17 bits per heavy atom. The molecule has 0 aromatic rings. The van der Waals surface area contributed by atoms with Crippen LogP contribution in [0.3, 0.4) is 0 Å². The Morgan fingerprint density at radius 1 is 0.833 bits per heavy atom. The Balaban J connectivity index is 2.47. The minimum atomic E-state index is -0.696. The molecule has 3 nitrogen and oxygen atoms in total. The second kappa shape index (κ2) is 7.07. The highest BCUT2D eigenvalue weighted by Gasteiger charge is 2.60. The number of aliphatic hydroxyl groups excluding tert-OH is 2. The summed E-state index contributed by atoms with van der Waals surface area (Å²) in [4.78, 5) is 14.0. The Kier molecular flexibility index (Phi) is 5.87. The molecule has 0 heterocycles. The van der Waals surface area contributed by atoms with E-state index in [4.69, 9.17) is 0 Å². The molecule has 2 rings (SSSR count). The van der Waals surface area contributed by atoms with Gasteiger partial charge in [0.1, 0.15) is 0 Å². The van der Waals surface area contributed by atoms with Crippen LogP contribution >= 0.6 is 0 Å². The number of carbonyl (C=O) groups is 1. The lowest BCUT2D eigenvalue weighted by atomic mass is 9.50. The fraction of sp³-hybridized carbons (Fsp3) is 0.952. The van der Waals surface area contributed by atoms with Crippen LogP contribution in [0.5, 0.6) is 0 Å². The van der Waals surface area contributed by atoms with Crippen LogP contribution < -0.4 is 0 Å². The van der Waals surface area contributed by atoms with Crippen molar-refractivity contribution >= 4 is 5.78 Å². The summed E-state index contributed by atoms with van der Waals surface area (Å²) in [5, 5.41) is 22.0. The highest BCUT2D eigenvalue weighted by Crippen LogP contribution is 2.55. The number of hydrogen-bond donors (Lipinski definition) is 2. The molecule has 0 bridgehead atoms. The van der Waals surface area contributed by atoms with Crippen LogP contribution in [0.1, 0.15) is 80.1 Å². The largest absolute Gasteiger partial charge is 0.392 e. The van der Waals surface area contributed by atoms with Gasteiger partial charge in [-0.05, 0) is 62.2 Å². The SMILES string of the molecule is CC1CCC(C(=O)C2(C(C)C)CCC(C)CC2O)(C(C)C)C(O)C1. The first-order valence-electron chi connectivity index (χ1n) is 10.00. The second-order valence-corrected chi connectivity index (χ2v) is 9.51. The molecule has 140 valence electrons. The van der Waals surface area contributed by atoms with Gasteiger partial charge >= 0.3 is 0 Å². The molecular formula is C21H38O3. The predicted octanol–water partition coefficient (Wildman–Crippen LogP) is 4.20. The molecule has 2 saturated carbocycles. The Hall–Kier alpha value is -0.410. The van der Waals surface area contributed by atoms with Crippen molar-refractivity contribution in [3.05, 3.63) is 0 Å². The highest BCUT2D eigenvalue weighted by molar-refractivity contribution is 5.92. The Bertz CT molecular complexity index is 418. The molecular weight excluding hydrogens is 300 g/mol. The zero-order valence-electron chi connectivity index (χ0n) is 16.5. The van der Waals surface area contributed by atoms with E-state index in [9.17, 15) is 15.0 Å². The van der Waals surface area contributed by atoms with Gasteiger partial charge in [0.15, 0.2) is 5.78 Å². The number of carbonyl (C=O) groups excluding carboxylic acids is 1. The van der Waals surface area contributed by atoms with Crippen LogP contribution in [0.4, 0.5) is 0 Å². The lowest BCUT2D eigenvalue weighted by Crippen LogP contribution is -2.61. The third-order valence-electron chi connectivity index (χ3n) is 7.45. The molecule has 2 fully saturated rings. The molecule has 24 heavy (non-hydrogen) atoms. The molecule has 3 heteroatoms. The summed E-state index contributed by atoms with van der Waals surface area (Å²) < 4.78 is 0. The zero-order valence-corrected chi connectivity index (χ0v) is 16.5. The van der Waals surface area contributed by atoms with Crippen molar-refractivity contribution in [3.63, 3.8) is 0 Å². The molecule has 2 aliphatic carbocycles. The number of Topliss-reactive ketones (excluding diaryl/α,β-unsaturated/α-hetero) is 1. The highest BCUT2D eigenvalue weighted by atomic mass is 16.3. The van der Waals surface area contributed by atoms with Crippen LogP contribution in [0.15, 0.2) is 0 Å². The number of hydrogen-bond acceptors (Lipinski definition) is 3. The quantitative estimate of drug-likeness (QED) is 0.807. The lowest BCUT2D eigenvalue weighted by molar-refractivity contribution is -0.174. The van der Waals surface area contributed by atoms with Crippen molar-refractivity contribution in [2.75, 3.05) is 0 Å². The van der Waals surface area contributed by atoms with E-state index in [0.717, 1.165) is 25.7 Å². The van der Waals surface area contributed by atoms with E-state index in [1.165, 1.54) is 0 Å². The van der Waals surface area contributed by atoms with Crippen molar-refractivity contribution in [1.82, 2.24) is 0 Å². The molecule has 0 radical (unpaired) electrons. The van der Waals surface area contributed by atoms with Crippen molar-refractivity contribution in [3.8, 4) is 0 Å². The number of rotatable bonds is 4. The van der Waals surface area contributed by atoms with E-state index in [1.807, 2.05) is 0 Å². The number of ketones is 1. The van der Waals surface area contributed by atoms with Crippen LogP contribution in [0, 0.1) is 34.5 Å². The van der Waals surface area contributed by atoms with Crippen molar-refractivity contribution in [1.29, 1.82) is 0 Å². The van der Waals surface area contributed by atoms with Crippen LogP contribution in [0.2, 0.25) is 0 Å². The first-order valence-corrected chi connectivity index (χ1v) is 10.00. The first-order chi connectivity index (χ1) is 11.1. The minimum absolute atomic E-state index is 0.0923. The molecule has 2 N–H and O–H groups in total. The van der Waals surface area contributed by atoms with Gasteiger partial charge in [-0.3, -0.25) is 4.79 Å².